The van der Waals surface area contributed by atoms with Crippen LogP contribution in [0.2, 0.25) is 6.82 Å². The van der Waals surface area contributed by atoms with Crippen molar-refractivity contribution in [2.45, 2.75) is 26.8 Å². The predicted octanol–water partition coefficient (Wildman–Crippen LogP) is 0.689. The zero-order chi connectivity index (χ0) is 9.84. The molecular weight excluding hydrogens is 165 g/mol. The van der Waals surface area contributed by atoms with Crippen molar-refractivity contribution >= 4 is 12.4 Å². The van der Waals surface area contributed by atoms with Crippen molar-refractivity contribution in [2.24, 2.45) is 0 Å². The Morgan fingerprint density at radius 1 is 1.54 bits per heavy atom. The van der Waals surface area contributed by atoms with E-state index in [4.69, 9.17) is 4.74 Å². The quantitative estimate of drug-likeness (QED) is 0.694. The maximum absolute atomic E-state index is 9.40. The fraction of sp³-hybridized carbons (Fsp3) is 0.444. The molecule has 0 aliphatic heterocycles. The van der Waals surface area contributed by atoms with Gasteiger partial charge in [-0.2, -0.15) is 0 Å². The van der Waals surface area contributed by atoms with Crippen molar-refractivity contribution in [1.29, 1.82) is 0 Å². The van der Waals surface area contributed by atoms with Crippen molar-refractivity contribution in [3.8, 4) is 5.88 Å². The van der Waals surface area contributed by atoms with Gasteiger partial charge in [-0.15, -0.1) is 0 Å². The van der Waals surface area contributed by atoms with Crippen LogP contribution < -0.4 is 10.2 Å². The topological polar surface area (TPSA) is 42.4 Å². The molecule has 13 heavy (non-hydrogen) atoms. The highest BCUT2D eigenvalue weighted by atomic mass is 16.5. The molecule has 0 amide bonds. The van der Waals surface area contributed by atoms with E-state index in [1.165, 1.54) is 0 Å². The largest absolute Gasteiger partial charge is 0.475 e. The van der Waals surface area contributed by atoms with Crippen molar-refractivity contribution in [3.63, 3.8) is 0 Å². The van der Waals surface area contributed by atoms with Gasteiger partial charge in [0.1, 0.15) is 0 Å². The molecule has 4 heteroatoms. The summed E-state index contributed by atoms with van der Waals surface area (Å²) in [6.07, 6.45) is 1.73. The Kier molecular flexibility index (Phi) is 3.31. The first-order chi connectivity index (χ1) is 6.11. The average Bonchev–Trinajstić information content (AvgIpc) is 2.03. The molecule has 1 aromatic heterocycles. The van der Waals surface area contributed by atoms with Crippen LogP contribution in [0.15, 0.2) is 18.3 Å². The van der Waals surface area contributed by atoms with Crippen LogP contribution >= 0.6 is 0 Å². The Labute approximate surface area is 78.9 Å². The Balaban J connectivity index is 2.91. The maximum atomic E-state index is 9.40. The van der Waals surface area contributed by atoms with Gasteiger partial charge in [0.05, 0.1) is 6.10 Å². The second-order valence-electron chi connectivity index (χ2n) is 3.24. The summed E-state index contributed by atoms with van der Waals surface area (Å²) >= 11 is 0. The molecule has 0 aliphatic carbocycles. The van der Waals surface area contributed by atoms with Crippen molar-refractivity contribution in [1.82, 2.24) is 4.98 Å². The molecule has 3 nitrogen and oxygen atoms in total. The molecule has 1 rings (SSSR count). The van der Waals surface area contributed by atoms with Crippen molar-refractivity contribution in [2.75, 3.05) is 0 Å². The minimum atomic E-state index is -0.539. The lowest BCUT2D eigenvalue weighted by Gasteiger charge is -2.12. The summed E-state index contributed by atoms with van der Waals surface area (Å²) in [5.41, 5.74) is 0.733. The van der Waals surface area contributed by atoms with Crippen LogP contribution in [-0.4, -0.2) is 23.0 Å². The molecule has 1 aromatic rings. The van der Waals surface area contributed by atoms with E-state index in [1.54, 1.807) is 19.1 Å². The van der Waals surface area contributed by atoms with E-state index in [1.807, 2.05) is 19.9 Å². The highest BCUT2D eigenvalue weighted by molar-refractivity contribution is 6.65. The van der Waals surface area contributed by atoms with Crippen LogP contribution in [0, 0.1) is 0 Å². The lowest BCUT2D eigenvalue weighted by Crippen LogP contribution is -2.29. The lowest BCUT2D eigenvalue weighted by atomic mass is 9.65. The third kappa shape index (κ3) is 2.74. The molecule has 0 aromatic carbocycles. The first kappa shape index (κ1) is 10.1. The summed E-state index contributed by atoms with van der Waals surface area (Å²) in [5.74, 6) is 0.521. The number of hydrogen-bond acceptors (Lipinski definition) is 3. The predicted molar refractivity (Wildman–Crippen MR) is 53.5 cm³/mol. The van der Waals surface area contributed by atoms with Gasteiger partial charge in [-0.1, -0.05) is 12.9 Å². The molecule has 1 heterocycles. The fourth-order valence-corrected chi connectivity index (χ4v) is 1.04. The zero-order valence-corrected chi connectivity index (χ0v) is 8.19. The Bertz CT molecular complexity index is 276. The van der Waals surface area contributed by atoms with Crippen molar-refractivity contribution in [3.05, 3.63) is 18.3 Å². The van der Waals surface area contributed by atoms with Gasteiger partial charge >= 0.3 is 6.92 Å². The van der Waals surface area contributed by atoms with Crippen molar-refractivity contribution < 1.29 is 9.76 Å². The van der Waals surface area contributed by atoms with Crippen LogP contribution in [0.1, 0.15) is 13.8 Å². The molecule has 0 atom stereocenters. The first-order valence-electron chi connectivity index (χ1n) is 4.41. The van der Waals surface area contributed by atoms with Gasteiger partial charge in [-0.3, -0.25) is 0 Å². The summed E-state index contributed by atoms with van der Waals surface area (Å²) in [7, 11) is 0. The number of hydrogen-bond donors (Lipinski definition) is 1. The zero-order valence-electron chi connectivity index (χ0n) is 8.19. The van der Waals surface area contributed by atoms with E-state index in [9.17, 15) is 5.02 Å². The molecule has 0 bridgehead atoms. The Hall–Kier alpha value is -1.03. The van der Waals surface area contributed by atoms with Crippen LogP contribution in [0.4, 0.5) is 0 Å². The van der Waals surface area contributed by atoms with E-state index in [0.29, 0.717) is 5.88 Å². The van der Waals surface area contributed by atoms with E-state index in [-0.39, 0.29) is 6.10 Å². The number of aromatic nitrogens is 1. The summed E-state index contributed by atoms with van der Waals surface area (Å²) < 4.78 is 5.44. The molecule has 0 radical (unpaired) electrons. The second-order valence-corrected chi connectivity index (χ2v) is 3.24. The monoisotopic (exact) mass is 179 g/mol. The Morgan fingerprint density at radius 2 is 2.23 bits per heavy atom. The number of rotatable bonds is 3. The first-order valence-corrected chi connectivity index (χ1v) is 4.41. The minimum Gasteiger partial charge on any atom is -0.475 e. The molecule has 0 fully saturated rings. The maximum Gasteiger partial charge on any atom is 0.325 e. The van der Waals surface area contributed by atoms with E-state index in [2.05, 4.69) is 4.98 Å². The van der Waals surface area contributed by atoms with E-state index in [0.717, 1.165) is 5.46 Å². The van der Waals surface area contributed by atoms with Crippen LogP contribution in [0.25, 0.3) is 0 Å². The van der Waals surface area contributed by atoms with Gasteiger partial charge in [0.15, 0.2) is 0 Å². The van der Waals surface area contributed by atoms with E-state index >= 15 is 0 Å². The smallest absolute Gasteiger partial charge is 0.325 e. The normalized spacial score (nSPS) is 10.2. The Morgan fingerprint density at radius 3 is 2.77 bits per heavy atom. The number of pyridine rings is 1. The fourth-order valence-electron chi connectivity index (χ4n) is 1.04. The summed E-state index contributed by atoms with van der Waals surface area (Å²) in [6.45, 7) is 5.02. The SMILES string of the molecule is CB(O)c1cccnc1OC(C)C. The van der Waals surface area contributed by atoms with E-state index < -0.39 is 6.92 Å². The average molecular weight is 179 g/mol. The van der Waals surface area contributed by atoms with Crippen LogP contribution in [-0.2, 0) is 0 Å². The van der Waals surface area contributed by atoms with Gasteiger partial charge in [0, 0.05) is 11.7 Å². The summed E-state index contributed by atoms with van der Waals surface area (Å²) in [4.78, 5) is 4.06. The van der Waals surface area contributed by atoms with Gasteiger partial charge in [0.25, 0.3) is 0 Å². The highest BCUT2D eigenvalue weighted by Crippen LogP contribution is 2.05. The minimum absolute atomic E-state index is 0.0763. The molecule has 0 unspecified atom stereocenters. The third-order valence-electron chi connectivity index (χ3n) is 1.60. The van der Waals surface area contributed by atoms with Gasteiger partial charge in [-0.25, -0.2) is 4.98 Å². The molecule has 0 aliphatic rings. The standard InChI is InChI=1S/C9H14BNO2/c1-7(2)13-9-8(10(3)12)5-4-6-11-9/h4-7,12H,1-3H3. The number of nitrogens with zero attached hydrogens (tertiary/aromatic N) is 1. The van der Waals surface area contributed by atoms with Gasteiger partial charge in [-0.05, 0) is 19.9 Å². The molecule has 0 saturated heterocycles. The number of ether oxygens (including phenoxy) is 1. The molecule has 0 saturated carbocycles. The van der Waals surface area contributed by atoms with Crippen LogP contribution in [0.5, 0.6) is 5.88 Å². The van der Waals surface area contributed by atoms with Crippen LogP contribution in [0.3, 0.4) is 0 Å². The molecule has 1 N–H and O–H groups in total. The molecular formula is C9H14BNO2. The second kappa shape index (κ2) is 4.28. The molecule has 70 valence electrons. The summed E-state index contributed by atoms with van der Waals surface area (Å²) in [5, 5.41) is 9.40. The van der Waals surface area contributed by atoms with Gasteiger partial charge < -0.3 is 9.76 Å². The highest BCUT2D eigenvalue weighted by Gasteiger charge is 2.14. The molecule has 0 spiro atoms. The summed E-state index contributed by atoms with van der Waals surface area (Å²) in [6, 6.07) is 3.60. The van der Waals surface area contributed by atoms with Gasteiger partial charge in [0.2, 0.25) is 5.88 Å². The third-order valence-corrected chi connectivity index (χ3v) is 1.60. The lowest BCUT2D eigenvalue weighted by molar-refractivity contribution is 0.234.